The summed E-state index contributed by atoms with van der Waals surface area (Å²) in [4.78, 5) is 11.8. The number of amides is 1. The summed E-state index contributed by atoms with van der Waals surface area (Å²) in [6.45, 7) is 1.72. The lowest BCUT2D eigenvalue weighted by molar-refractivity contribution is -0.0901. The third-order valence-corrected chi connectivity index (χ3v) is 3.42. The van der Waals surface area contributed by atoms with Gasteiger partial charge in [-0.1, -0.05) is 0 Å². The zero-order valence-electron chi connectivity index (χ0n) is 9.57. The van der Waals surface area contributed by atoms with Crippen LogP contribution in [-0.2, 0) is 0 Å². The summed E-state index contributed by atoms with van der Waals surface area (Å²) in [6, 6.07) is 2.36. The third kappa shape index (κ3) is 2.68. The number of carbonyl (C=O) groups excluding carboxylic acids is 1. The predicted molar refractivity (Wildman–Crippen MR) is 64.3 cm³/mol. The van der Waals surface area contributed by atoms with Crippen LogP contribution in [0.25, 0.3) is 0 Å². The summed E-state index contributed by atoms with van der Waals surface area (Å²) in [5.41, 5.74) is 0.587. The zero-order valence-corrected chi connectivity index (χ0v) is 11.2. The van der Waals surface area contributed by atoms with Gasteiger partial charge in [0.05, 0.1) is 10.0 Å². The summed E-state index contributed by atoms with van der Waals surface area (Å²) in [7, 11) is 0. The van der Waals surface area contributed by atoms with Crippen molar-refractivity contribution in [2.24, 2.45) is 0 Å². The third-order valence-electron chi connectivity index (χ3n) is 2.84. The number of hydrogen-bond donors (Lipinski definition) is 1. The molecule has 1 aromatic carbocycles. The Labute approximate surface area is 111 Å². The summed E-state index contributed by atoms with van der Waals surface area (Å²) in [5.74, 6) is -4.04. The van der Waals surface area contributed by atoms with E-state index < -0.39 is 23.7 Å². The first-order valence-corrected chi connectivity index (χ1v) is 6.22. The lowest BCUT2D eigenvalue weighted by atomic mass is 9.88. The van der Waals surface area contributed by atoms with Crippen molar-refractivity contribution < 1.29 is 18.0 Å². The van der Waals surface area contributed by atoms with Crippen molar-refractivity contribution in [3.8, 4) is 0 Å². The van der Waals surface area contributed by atoms with Crippen LogP contribution in [0, 0.1) is 12.7 Å². The SMILES string of the molecule is Cc1cc(Br)c(F)c(C(=O)NC2CC(F)(F)C2)c1. The molecule has 98 valence electrons. The van der Waals surface area contributed by atoms with Crippen LogP contribution in [0.2, 0.25) is 0 Å². The van der Waals surface area contributed by atoms with E-state index in [1.54, 1.807) is 13.0 Å². The number of aryl methyl sites for hydroxylation is 1. The Morgan fingerprint density at radius 2 is 2.06 bits per heavy atom. The highest BCUT2D eigenvalue weighted by Crippen LogP contribution is 2.37. The van der Waals surface area contributed by atoms with E-state index >= 15 is 0 Å². The van der Waals surface area contributed by atoms with Gasteiger partial charge in [0.1, 0.15) is 5.82 Å². The second kappa shape index (κ2) is 4.57. The molecule has 1 aliphatic carbocycles. The normalized spacial score (nSPS) is 18.3. The van der Waals surface area contributed by atoms with E-state index in [4.69, 9.17) is 0 Å². The maximum Gasteiger partial charge on any atom is 0.254 e. The van der Waals surface area contributed by atoms with E-state index in [0.717, 1.165) is 0 Å². The molecule has 1 aliphatic rings. The Kier molecular flexibility index (Phi) is 3.40. The quantitative estimate of drug-likeness (QED) is 0.888. The molecule has 18 heavy (non-hydrogen) atoms. The van der Waals surface area contributed by atoms with Crippen molar-refractivity contribution >= 4 is 21.8 Å². The number of hydrogen-bond acceptors (Lipinski definition) is 1. The Morgan fingerprint density at radius 1 is 1.44 bits per heavy atom. The molecule has 0 unspecified atom stereocenters. The van der Waals surface area contributed by atoms with Crippen LogP contribution in [0.5, 0.6) is 0 Å². The Balaban J connectivity index is 2.10. The molecular weight excluding hydrogens is 311 g/mol. The minimum Gasteiger partial charge on any atom is -0.349 e. The molecular formula is C12H11BrF3NO. The van der Waals surface area contributed by atoms with Crippen LogP contribution in [0.4, 0.5) is 13.2 Å². The number of benzene rings is 1. The van der Waals surface area contributed by atoms with Gasteiger partial charge in [0, 0.05) is 18.9 Å². The van der Waals surface area contributed by atoms with Gasteiger partial charge < -0.3 is 5.32 Å². The van der Waals surface area contributed by atoms with Crippen molar-refractivity contribution in [3.63, 3.8) is 0 Å². The van der Waals surface area contributed by atoms with Crippen LogP contribution in [0.1, 0.15) is 28.8 Å². The molecule has 0 saturated heterocycles. The van der Waals surface area contributed by atoms with Crippen molar-refractivity contribution in [2.75, 3.05) is 0 Å². The highest BCUT2D eigenvalue weighted by Gasteiger charge is 2.46. The standard InChI is InChI=1S/C12H11BrF3NO/c1-6-2-8(10(14)9(13)3-6)11(18)17-7-4-12(15,16)5-7/h2-3,7H,4-5H2,1H3,(H,17,18). The van der Waals surface area contributed by atoms with Gasteiger partial charge in [-0.25, -0.2) is 13.2 Å². The number of rotatable bonds is 2. The molecule has 0 aromatic heterocycles. The maximum atomic E-state index is 13.7. The van der Waals surface area contributed by atoms with Crippen molar-refractivity contribution in [1.29, 1.82) is 0 Å². The molecule has 2 rings (SSSR count). The van der Waals surface area contributed by atoms with E-state index in [9.17, 15) is 18.0 Å². The van der Waals surface area contributed by atoms with E-state index in [0.29, 0.717) is 5.56 Å². The van der Waals surface area contributed by atoms with Gasteiger partial charge in [-0.2, -0.15) is 0 Å². The van der Waals surface area contributed by atoms with Gasteiger partial charge >= 0.3 is 0 Å². The smallest absolute Gasteiger partial charge is 0.254 e. The molecule has 1 aromatic rings. The number of halogens is 4. The number of nitrogens with one attached hydrogen (secondary N) is 1. The molecule has 2 nitrogen and oxygen atoms in total. The Hall–Kier alpha value is -1.04. The van der Waals surface area contributed by atoms with Gasteiger partial charge in [0.15, 0.2) is 0 Å². The first kappa shape index (κ1) is 13.4. The molecule has 0 spiro atoms. The molecule has 6 heteroatoms. The summed E-state index contributed by atoms with van der Waals surface area (Å²) < 4.78 is 39.1. The van der Waals surface area contributed by atoms with Crippen molar-refractivity contribution in [1.82, 2.24) is 5.32 Å². The van der Waals surface area contributed by atoms with E-state index in [1.165, 1.54) is 6.07 Å². The highest BCUT2D eigenvalue weighted by atomic mass is 79.9. The molecule has 0 heterocycles. The second-order valence-corrected chi connectivity index (χ2v) is 5.40. The molecule has 0 bridgehead atoms. The molecule has 0 atom stereocenters. The first-order chi connectivity index (χ1) is 8.28. The molecule has 1 saturated carbocycles. The average Bonchev–Trinajstić information content (AvgIpc) is 2.20. The molecule has 1 amide bonds. The Morgan fingerprint density at radius 3 is 2.61 bits per heavy atom. The summed E-state index contributed by atoms with van der Waals surface area (Å²) in [5, 5.41) is 2.40. The summed E-state index contributed by atoms with van der Waals surface area (Å²) in [6.07, 6.45) is -0.763. The number of alkyl halides is 2. The topological polar surface area (TPSA) is 29.1 Å². The van der Waals surface area contributed by atoms with Gasteiger partial charge in [-0.15, -0.1) is 0 Å². The molecule has 1 N–H and O–H groups in total. The Bertz CT molecular complexity index is 496. The van der Waals surface area contributed by atoms with Crippen molar-refractivity contribution in [2.45, 2.75) is 31.7 Å². The fraction of sp³-hybridized carbons (Fsp3) is 0.417. The monoisotopic (exact) mass is 321 g/mol. The molecule has 0 aliphatic heterocycles. The van der Waals surface area contributed by atoms with Crippen molar-refractivity contribution in [3.05, 3.63) is 33.5 Å². The summed E-state index contributed by atoms with van der Waals surface area (Å²) >= 11 is 3.01. The van der Waals surface area contributed by atoms with E-state index in [1.807, 2.05) is 0 Å². The number of carbonyl (C=O) groups is 1. The van der Waals surface area contributed by atoms with E-state index in [-0.39, 0.29) is 22.9 Å². The van der Waals surface area contributed by atoms with E-state index in [2.05, 4.69) is 21.2 Å². The van der Waals surface area contributed by atoms with Crippen LogP contribution in [0.3, 0.4) is 0 Å². The van der Waals surface area contributed by atoms with Crippen LogP contribution < -0.4 is 5.32 Å². The molecule has 0 radical (unpaired) electrons. The highest BCUT2D eigenvalue weighted by molar-refractivity contribution is 9.10. The first-order valence-electron chi connectivity index (χ1n) is 5.43. The fourth-order valence-corrected chi connectivity index (χ4v) is 2.49. The predicted octanol–water partition coefficient (Wildman–Crippen LogP) is 3.42. The molecule has 1 fully saturated rings. The average molecular weight is 322 g/mol. The lowest BCUT2D eigenvalue weighted by Crippen LogP contribution is -2.50. The van der Waals surface area contributed by atoms with Gasteiger partial charge in [0.2, 0.25) is 0 Å². The minimum atomic E-state index is -2.70. The fourth-order valence-electron chi connectivity index (χ4n) is 1.92. The lowest BCUT2D eigenvalue weighted by Gasteiger charge is -2.35. The van der Waals surface area contributed by atoms with Crippen LogP contribution >= 0.6 is 15.9 Å². The minimum absolute atomic E-state index is 0.128. The van der Waals surface area contributed by atoms with Gasteiger partial charge in [-0.05, 0) is 40.5 Å². The second-order valence-electron chi connectivity index (χ2n) is 4.54. The van der Waals surface area contributed by atoms with Crippen LogP contribution in [-0.4, -0.2) is 17.9 Å². The zero-order chi connectivity index (χ0) is 13.5. The van der Waals surface area contributed by atoms with Gasteiger partial charge in [0.25, 0.3) is 11.8 Å². The largest absolute Gasteiger partial charge is 0.349 e. The van der Waals surface area contributed by atoms with Crippen LogP contribution in [0.15, 0.2) is 16.6 Å². The van der Waals surface area contributed by atoms with Gasteiger partial charge in [-0.3, -0.25) is 4.79 Å². The maximum absolute atomic E-state index is 13.7.